The van der Waals surface area contributed by atoms with Gasteiger partial charge in [0, 0.05) is 10.9 Å². The molecular weight excluding hydrogens is 297 g/mol. The predicted octanol–water partition coefficient (Wildman–Crippen LogP) is 3.71. The summed E-state index contributed by atoms with van der Waals surface area (Å²) in [4.78, 5) is 27.6. The van der Waals surface area contributed by atoms with Crippen LogP contribution in [0.3, 0.4) is 0 Å². The van der Waals surface area contributed by atoms with Crippen molar-refractivity contribution in [2.45, 2.75) is 6.92 Å². The van der Waals surface area contributed by atoms with Crippen LogP contribution in [0.4, 0.5) is 4.39 Å². The molecule has 0 amide bonds. The average Bonchev–Trinajstić information content (AvgIpc) is 2.58. The summed E-state index contributed by atoms with van der Waals surface area (Å²) in [6.45, 7) is 1.61. The molecule has 0 saturated carbocycles. The number of fused-ring (bicyclic) bond motifs is 1. The van der Waals surface area contributed by atoms with E-state index >= 15 is 0 Å². The maximum absolute atomic E-state index is 13.6. The van der Waals surface area contributed by atoms with E-state index < -0.39 is 11.8 Å². The third-order valence-corrected chi connectivity index (χ3v) is 3.48. The van der Waals surface area contributed by atoms with Gasteiger partial charge in [-0.2, -0.15) is 0 Å². The van der Waals surface area contributed by atoms with Crippen LogP contribution >= 0.6 is 0 Å². The lowest BCUT2D eigenvalue weighted by molar-refractivity contribution is 0.0735. The summed E-state index contributed by atoms with van der Waals surface area (Å²) in [5, 5.41) is 0.345. The Morgan fingerprint density at radius 2 is 1.91 bits per heavy atom. The molecule has 2 aromatic carbocycles. The third kappa shape index (κ3) is 2.81. The highest BCUT2D eigenvalue weighted by Gasteiger charge is 2.17. The summed E-state index contributed by atoms with van der Waals surface area (Å²) in [5.41, 5.74) is 1.29. The number of aromatic nitrogens is 1. The monoisotopic (exact) mass is 309 g/mol. The number of esters is 1. The molecule has 23 heavy (non-hydrogen) atoms. The van der Waals surface area contributed by atoms with Crippen LogP contribution < -0.4 is 4.74 Å². The largest absolute Gasteiger partial charge is 0.422 e. The second-order valence-corrected chi connectivity index (χ2v) is 4.99. The minimum atomic E-state index is -0.581. The van der Waals surface area contributed by atoms with Crippen molar-refractivity contribution < 1.29 is 18.7 Å². The molecule has 0 fully saturated rings. The van der Waals surface area contributed by atoms with Crippen molar-refractivity contribution in [1.82, 2.24) is 4.98 Å². The van der Waals surface area contributed by atoms with E-state index in [-0.39, 0.29) is 11.4 Å². The fourth-order valence-corrected chi connectivity index (χ4v) is 2.29. The number of nitrogens with zero attached hydrogens (tertiary/aromatic N) is 1. The standard InChI is InChI=1S/C18H12FNO3/c1-11-16(10-21)20-15-8-7-13(19)9-14(15)17(11)23-18(22)12-5-3-2-4-6-12/h2-10H,1H3. The molecule has 1 heterocycles. The zero-order valence-corrected chi connectivity index (χ0v) is 12.2. The van der Waals surface area contributed by atoms with E-state index in [1.54, 1.807) is 37.3 Å². The van der Waals surface area contributed by atoms with E-state index in [1.165, 1.54) is 18.2 Å². The zero-order valence-electron chi connectivity index (χ0n) is 12.2. The highest BCUT2D eigenvalue weighted by Crippen LogP contribution is 2.31. The number of carbonyl (C=O) groups excluding carboxylic acids is 2. The van der Waals surface area contributed by atoms with E-state index in [9.17, 15) is 14.0 Å². The SMILES string of the molecule is Cc1c(C=O)nc2ccc(F)cc2c1OC(=O)c1ccccc1. The number of aldehydes is 1. The molecule has 0 unspecified atom stereocenters. The molecule has 114 valence electrons. The predicted molar refractivity (Wildman–Crippen MR) is 83.2 cm³/mol. The Morgan fingerprint density at radius 1 is 1.17 bits per heavy atom. The van der Waals surface area contributed by atoms with E-state index in [2.05, 4.69) is 4.98 Å². The second-order valence-electron chi connectivity index (χ2n) is 4.99. The van der Waals surface area contributed by atoms with Gasteiger partial charge in [-0.3, -0.25) is 4.79 Å². The summed E-state index contributed by atoms with van der Waals surface area (Å²) in [5.74, 6) is -0.915. The van der Waals surface area contributed by atoms with Gasteiger partial charge in [0.1, 0.15) is 17.3 Å². The molecule has 4 nitrogen and oxygen atoms in total. The molecule has 5 heteroatoms. The van der Waals surface area contributed by atoms with Gasteiger partial charge in [-0.05, 0) is 37.3 Å². The van der Waals surface area contributed by atoms with Crippen molar-refractivity contribution in [3.05, 3.63) is 71.2 Å². The Kier molecular flexibility index (Phi) is 3.85. The first-order valence-corrected chi connectivity index (χ1v) is 6.92. The number of hydrogen-bond donors (Lipinski definition) is 0. The Balaban J connectivity index is 2.15. The van der Waals surface area contributed by atoms with E-state index in [0.29, 0.717) is 28.3 Å². The first-order chi connectivity index (χ1) is 11.1. The van der Waals surface area contributed by atoms with Crippen molar-refractivity contribution in [2.75, 3.05) is 0 Å². The summed E-state index contributed by atoms with van der Waals surface area (Å²) in [6, 6.07) is 12.3. The van der Waals surface area contributed by atoms with Crippen molar-refractivity contribution in [1.29, 1.82) is 0 Å². The van der Waals surface area contributed by atoms with Gasteiger partial charge in [-0.25, -0.2) is 14.2 Å². The highest BCUT2D eigenvalue weighted by atomic mass is 19.1. The number of hydrogen-bond acceptors (Lipinski definition) is 4. The Morgan fingerprint density at radius 3 is 2.61 bits per heavy atom. The van der Waals surface area contributed by atoms with Crippen molar-refractivity contribution >= 4 is 23.2 Å². The molecule has 0 atom stereocenters. The molecule has 3 rings (SSSR count). The Hall–Kier alpha value is -3.08. The molecule has 0 radical (unpaired) electrons. The van der Waals surface area contributed by atoms with Gasteiger partial charge >= 0.3 is 5.97 Å². The van der Waals surface area contributed by atoms with E-state index in [4.69, 9.17) is 4.74 Å². The van der Waals surface area contributed by atoms with E-state index in [1.807, 2.05) is 0 Å². The lowest BCUT2D eigenvalue weighted by Crippen LogP contribution is -2.11. The molecule has 3 aromatic rings. The third-order valence-electron chi connectivity index (χ3n) is 3.48. The van der Waals surface area contributed by atoms with Crippen molar-refractivity contribution in [3.8, 4) is 5.75 Å². The van der Waals surface area contributed by atoms with Crippen LogP contribution in [-0.2, 0) is 0 Å². The maximum Gasteiger partial charge on any atom is 0.343 e. The van der Waals surface area contributed by atoms with Crippen LogP contribution in [0.15, 0.2) is 48.5 Å². The Labute approximate surface area is 131 Å². The second kappa shape index (κ2) is 5.96. The molecule has 0 saturated heterocycles. The summed E-state index contributed by atoms with van der Waals surface area (Å²) in [6.07, 6.45) is 0.581. The molecule has 1 aromatic heterocycles. The van der Waals surface area contributed by atoms with Crippen LogP contribution in [-0.4, -0.2) is 17.2 Å². The topological polar surface area (TPSA) is 56.3 Å². The van der Waals surface area contributed by atoms with Crippen molar-refractivity contribution in [2.24, 2.45) is 0 Å². The first kappa shape index (κ1) is 14.8. The number of benzene rings is 2. The number of ether oxygens (including phenoxy) is 1. The fourth-order valence-electron chi connectivity index (χ4n) is 2.29. The summed E-state index contributed by atoms with van der Waals surface area (Å²) >= 11 is 0. The van der Waals surface area contributed by atoms with Gasteiger partial charge in [0.15, 0.2) is 6.29 Å². The van der Waals surface area contributed by atoms with Gasteiger partial charge in [-0.15, -0.1) is 0 Å². The lowest BCUT2D eigenvalue weighted by Gasteiger charge is -2.12. The van der Waals surface area contributed by atoms with Gasteiger partial charge in [0.05, 0.1) is 11.1 Å². The quantitative estimate of drug-likeness (QED) is 0.546. The van der Waals surface area contributed by atoms with Crippen molar-refractivity contribution in [3.63, 3.8) is 0 Å². The van der Waals surface area contributed by atoms with Crippen LogP contribution in [0, 0.1) is 12.7 Å². The van der Waals surface area contributed by atoms with Gasteiger partial charge < -0.3 is 4.74 Å². The highest BCUT2D eigenvalue weighted by molar-refractivity contribution is 5.97. The molecule has 0 aliphatic carbocycles. The summed E-state index contributed by atoms with van der Waals surface area (Å²) in [7, 11) is 0. The van der Waals surface area contributed by atoms with Crippen LogP contribution in [0.2, 0.25) is 0 Å². The van der Waals surface area contributed by atoms with Crippen LogP contribution in [0.25, 0.3) is 10.9 Å². The number of carbonyl (C=O) groups is 2. The molecular formula is C18H12FNO3. The molecule has 0 aliphatic rings. The molecule has 0 bridgehead atoms. The molecule has 0 aliphatic heterocycles. The zero-order chi connectivity index (χ0) is 16.4. The smallest absolute Gasteiger partial charge is 0.343 e. The van der Waals surface area contributed by atoms with E-state index in [0.717, 1.165) is 0 Å². The number of halogens is 1. The Bertz CT molecular complexity index is 907. The average molecular weight is 309 g/mol. The van der Waals surface area contributed by atoms with Gasteiger partial charge in [0.25, 0.3) is 0 Å². The minimum absolute atomic E-state index is 0.144. The number of rotatable bonds is 3. The fraction of sp³-hybridized carbons (Fsp3) is 0.0556. The maximum atomic E-state index is 13.6. The normalized spacial score (nSPS) is 10.5. The van der Waals surface area contributed by atoms with Gasteiger partial charge in [-0.1, -0.05) is 18.2 Å². The van der Waals surface area contributed by atoms with Crippen LogP contribution in [0.1, 0.15) is 26.4 Å². The summed E-state index contributed by atoms with van der Waals surface area (Å²) < 4.78 is 19.0. The lowest BCUT2D eigenvalue weighted by atomic mass is 10.1. The number of pyridine rings is 1. The van der Waals surface area contributed by atoms with Gasteiger partial charge in [0.2, 0.25) is 0 Å². The molecule has 0 N–H and O–H groups in total. The molecule has 0 spiro atoms. The first-order valence-electron chi connectivity index (χ1n) is 6.92. The minimum Gasteiger partial charge on any atom is -0.422 e. The van der Waals surface area contributed by atoms with Crippen LogP contribution in [0.5, 0.6) is 5.75 Å².